The molecule has 258 valence electrons. The largest absolute Gasteiger partial charge is 0.415 e. The van der Waals surface area contributed by atoms with Gasteiger partial charge in [0.25, 0.3) is 11.8 Å². The number of hydrogen-bond donors (Lipinski definition) is 1. The van der Waals surface area contributed by atoms with Gasteiger partial charge in [-0.3, -0.25) is 33.7 Å². The van der Waals surface area contributed by atoms with Crippen LogP contribution in [0, 0.1) is 12.6 Å². The minimum absolute atomic E-state index is 0.0298. The zero-order valence-corrected chi connectivity index (χ0v) is 32.2. The van der Waals surface area contributed by atoms with E-state index < -0.39 is 23.3 Å². The quantitative estimate of drug-likeness (QED) is 0.166. The first-order valence-corrected chi connectivity index (χ1v) is 17.5. The summed E-state index contributed by atoms with van der Waals surface area (Å²) in [5.41, 5.74) is 0.570. The maximum Gasteiger partial charge on any atom is 0.415 e. The molecular formula is C34H40I2N4O8. The number of nitrogens with zero attached hydrogens (tertiary/aromatic N) is 3. The van der Waals surface area contributed by atoms with E-state index in [4.69, 9.17) is 4.74 Å². The fourth-order valence-corrected chi connectivity index (χ4v) is 6.20. The van der Waals surface area contributed by atoms with E-state index in [2.05, 4.69) is 50.5 Å². The number of likely N-dealkylation sites (N-methyl/N-ethyl adjacent to an activating group) is 1. The molecule has 1 N–H and O–H groups in total. The molecule has 0 saturated carbocycles. The molecule has 1 aliphatic heterocycles. The van der Waals surface area contributed by atoms with E-state index >= 15 is 0 Å². The molecule has 0 radical (unpaired) electrons. The van der Waals surface area contributed by atoms with Gasteiger partial charge in [-0.25, -0.2) is 4.79 Å². The van der Waals surface area contributed by atoms with Crippen LogP contribution < -0.4 is 10.1 Å². The van der Waals surface area contributed by atoms with E-state index in [0.717, 1.165) is 12.0 Å². The molecule has 0 unspecified atom stereocenters. The van der Waals surface area contributed by atoms with Crippen LogP contribution in [0.15, 0.2) is 52.6 Å². The highest BCUT2D eigenvalue weighted by atomic mass is 127. The zero-order valence-electron chi connectivity index (χ0n) is 27.9. The van der Waals surface area contributed by atoms with Crippen molar-refractivity contribution in [2.75, 3.05) is 39.8 Å². The second kappa shape index (κ2) is 16.8. The van der Waals surface area contributed by atoms with Gasteiger partial charge in [-0.2, -0.15) is 0 Å². The second-order valence-electron chi connectivity index (χ2n) is 12.3. The van der Waals surface area contributed by atoms with Gasteiger partial charge in [0.05, 0.1) is 0 Å². The Balaban J connectivity index is 1.62. The lowest BCUT2D eigenvalue weighted by Crippen LogP contribution is -2.43. The molecule has 14 heteroatoms. The van der Waals surface area contributed by atoms with Gasteiger partial charge < -0.3 is 19.9 Å². The minimum atomic E-state index is -0.913. The highest BCUT2D eigenvalue weighted by molar-refractivity contribution is 14.1. The van der Waals surface area contributed by atoms with Crippen LogP contribution in [0.5, 0.6) is 5.75 Å². The van der Waals surface area contributed by atoms with Crippen LogP contribution in [0.25, 0.3) is 0 Å². The molecule has 2 aliphatic rings. The summed E-state index contributed by atoms with van der Waals surface area (Å²) in [5, 5.41) is 2.68. The molecule has 1 aromatic rings. The number of nitrogens with one attached hydrogen (secondary N) is 1. The summed E-state index contributed by atoms with van der Waals surface area (Å²) in [6, 6.07) is 5.25. The van der Waals surface area contributed by atoms with Crippen LogP contribution in [-0.4, -0.2) is 95.8 Å². The van der Waals surface area contributed by atoms with Gasteiger partial charge in [-0.15, -0.1) is 0 Å². The molecular weight excluding hydrogens is 846 g/mol. The molecule has 3 rings (SSSR count). The van der Waals surface area contributed by atoms with Crippen molar-refractivity contribution in [1.82, 2.24) is 20.0 Å². The Bertz CT molecular complexity index is 1610. The van der Waals surface area contributed by atoms with Gasteiger partial charge in [0.2, 0.25) is 11.8 Å². The molecule has 0 aromatic heterocycles. The van der Waals surface area contributed by atoms with Gasteiger partial charge in [0.15, 0.2) is 11.6 Å². The fourth-order valence-electron chi connectivity index (χ4n) is 5.38. The molecule has 48 heavy (non-hydrogen) atoms. The summed E-state index contributed by atoms with van der Waals surface area (Å²) < 4.78 is 7.55. The number of amides is 5. The highest BCUT2D eigenvalue weighted by Crippen LogP contribution is 2.39. The Labute approximate surface area is 307 Å². The Morgan fingerprint density at radius 3 is 2.12 bits per heavy atom. The number of hydrogen-bond acceptors (Lipinski definition) is 8. The van der Waals surface area contributed by atoms with E-state index in [-0.39, 0.29) is 75.4 Å². The molecule has 1 aliphatic carbocycles. The third-order valence-corrected chi connectivity index (χ3v) is 11.2. The number of Topliss-reactive ketones (excluding diaryl/α,β-unsaturated/α-hetero) is 2. The smallest absolute Gasteiger partial charge is 0.410 e. The van der Waals surface area contributed by atoms with E-state index in [0.29, 0.717) is 28.0 Å². The molecule has 0 fully saturated rings. The van der Waals surface area contributed by atoms with Crippen LogP contribution >= 0.6 is 45.2 Å². The monoisotopic (exact) mass is 886 g/mol. The third kappa shape index (κ3) is 9.83. The average molecular weight is 887 g/mol. The number of carbonyl (C=O) groups excluding carboxylic acids is 7. The predicted molar refractivity (Wildman–Crippen MR) is 195 cm³/mol. The first-order valence-electron chi connectivity index (χ1n) is 15.4. The zero-order chi connectivity index (χ0) is 35.9. The second-order valence-corrected chi connectivity index (χ2v) is 14.7. The lowest BCUT2D eigenvalue weighted by Gasteiger charge is -2.33. The van der Waals surface area contributed by atoms with Crippen molar-refractivity contribution in [3.63, 3.8) is 0 Å². The lowest BCUT2D eigenvalue weighted by atomic mass is 9.71. The topological polar surface area (TPSA) is 150 Å². The molecule has 0 saturated heterocycles. The van der Waals surface area contributed by atoms with Gasteiger partial charge in [0, 0.05) is 99.6 Å². The Morgan fingerprint density at radius 2 is 1.50 bits per heavy atom. The van der Waals surface area contributed by atoms with Crippen molar-refractivity contribution in [3.05, 3.63) is 59.8 Å². The van der Waals surface area contributed by atoms with Crippen LogP contribution in [0.4, 0.5) is 4.79 Å². The molecule has 0 bridgehead atoms. The van der Waals surface area contributed by atoms with Crippen molar-refractivity contribution >= 4 is 86.5 Å². The maximum absolute atomic E-state index is 13.4. The van der Waals surface area contributed by atoms with E-state index in [9.17, 15) is 33.6 Å². The summed E-state index contributed by atoms with van der Waals surface area (Å²) in [4.78, 5) is 92.3. The first kappa shape index (κ1) is 39.0. The van der Waals surface area contributed by atoms with Crippen LogP contribution in [0.1, 0.15) is 53.9 Å². The van der Waals surface area contributed by atoms with Gasteiger partial charge >= 0.3 is 6.09 Å². The normalized spacial score (nSPS) is 15.0. The standard InChI is InChI=1S/C34H40I2N4O8/c1-20-21(2)32(46)30(22(3)31(20)45)34(4,5)19-29(44)38(6)16-17-39(33(47)48-23-9-10-24(35)25(36)18-23)14-7-8-26(41)37-13-15-40-27(42)11-12-28(40)43/h9-12,18H,7-8,13-17,19H2,1-6H3,(H,37,41). The number of ether oxygens (including phenoxy) is 1. The molecule has 1 heterocycles. The number of carbonyl (C=O) groups is 7. The fraction of sp³-hybridized carbons (Fsp3) is 0.441. The third-order valence-electron chi connectivity index (χ3n) is 8.33. The van der Waals surface area contributed by atoms with Crippen molar-refractivity contribution in [2.24, 2.45) is 5.41 Å². The minimum Gasteiger partial charge on any atom is -0.410 e. The van der Waals surface area contributed by atoms with Gasteiger partial charge in [0.1, 0.15) is 5.75 Å². The summed E-state index contributed by atoms with van der Waals surface area (Å²) in [6.45, 7) is 8.97. The highest BCUT2D eigenvalue weighted by Gasteiger charge is 2.39. The van der Waals surface area contributed by atoms with Gasteiger partial charge in [-0.05, 0) is 90.6 Å². The summed E-state index contributed by atoms with van der Waals surface area (Å²) in [7, 11) is 1.60. The molecule has 12 nitrogen and oxygen atoms in total. The molecule has 0 spiro atoms. The number of rotatable bonds is 14. The average Bonchev–Trinajstić information content (AvgIpc) is 3.34. The molecule has 1 aromatic carbocycles. The number of benzene rings is 1. The number of imide groups is 1. The van der Waals surface area contributed by atoms with Crippen molar-refractivity contribution in [3.8, 4) is 5.75 Å². The maximum atomic E-state index is 13.4. The van der Waals surface area contributed by atoms with Crippen LogP contribution in [0.2, 0.25) is 0 Å². The van der Waals surface area contributed by atoms with Crippen molar-refractivity contribution in [2.45, 2.75) is 53.9 Å². The molecule has 5 amide bonds. The molecule has 0 atom stereocenters. The van der Waals surface area contributed by atoms with E-state index in [1.807, 2.05) is 6.07 Å². The Morgan fingerprint density at radius 1 is 0.875 bits per heavy atom. The SMILES string of the molecule is CC1=C(C)C(=O)C(C(C)(C)CC(=O)N(C)CCN(CCCC(=O)NCCN2C(=O)C=CC2=O)C(=O)Oc2ccc(I)c(I)c2)=C(C)C1=O. The van der Waals surface area contributed by atoms with Gasteiger partial charge in [-0.1, -0.05) is 13.8 Å². The van der Waals surface area contributed by atoms with E-state index in [1.54, 1.807) is 53.8 Å². The predicted octanol–water partition coefficient (Wildman–Crippen LogP) is 4.20. The van der Waals surface area contributed by atoms with E-state index in [1.165, 1.54) is 22.0 Å². The Kier molecular flexibility index (Phi) is 13.7. The summed E-state index contributed by atoms with van der Waals surface area (Å²) in [6.07, 6.45) is 2.05. The van der Waals surface area contributed by atoms with Crippen LogP contribution in [-0.2, 0) is 28.8 Å². The van der Waals surface area contributed by atoms with Crippen molar-refractivity contribution < 1.29 is 38.3 Å². The lowest BCUT2D eigenvalue weighted by molar-refractivity contribution is -0.137. The number of ketones is 2. The van der Waals surface area contributed by atoms with Crippen molar-refractivity contribution in [1.29, 1.82) is 0 Å². The first-order chi connectivity index (χ1) is 22.4. The summed E-state index contributed by atoms with van der Waals surface area (Å²) >= 11 is 4.32. The summed E-state index contributed by atoms with van der Waals surface area (Å²) in [5.74, 6) is -1.50. The number of halogens is 2. The number of allylic oxidation sites excluding steroid dienone is 4. The van der Waals surface area contributed by atoms with Crippen LogP contribution in [0.3, 0.4) is 0 Å². The Hall–Kier alpha value is -3.41.